The van der Waals surface area contributed by atoms with Gasteiger partial charge in [0.25, 0.3) is 0 Å². The Morgan fingerprint density at radius 1 is 1.12 bits per heavy atom. The van der Waals surface area contributed by atoms with Gasteiger partial charge in [-0.1, -0.05) is 35.0 Å². The Hall–Kier alpha value is -2.34. The molecule has 0 radical (unpaired) electrons. The van der Waals surface area contributed by atoms with Crippen molar-refractivity contribution in [3.05, 3.63) is 58.1 Å². The third kappa shape index (κ3) is 5.32. The molecule has 1 N–H and O–H groups in total. The fraction of sp³-hybridized carbons (Fsp3) is 0.263. The van der Waals surface area contributed by atoms with Crippen LogP contribution in [-0.2, 0) is 11.2 Å². The monoisotopic (exact) mass is 404 g/mol. The van der Waals surface area contributed by atoms with Crippen LogP contribution in [-0.4, -0.2) is 25.8 Å². The second-order valence-corrected chi connectivity index (χ2v) is 6.23. The van der Waals surface area contributed by atoms with E-state index in [1.54, 1.807) is 20.3 Å². The SMILES string of the molecule is CC/C(=N\NC(=O)Cc1ccc(Br)cc1)c1ccc(OC)cc1OC. The van der Waals surface area contributed by atoms with Crippen molar-refractivity contribution >= 4 is 27.5 Å². The average molecular weight is 405 g/mol. The van der Waals surface area contributed by atoms with Crippen molar-refractivity contribution in [2.24, 2.45) is 5.10 Å². The van der Waals surface area contributed by atoms with E-state index in [0.717, 1.165) is 21.3 Å². The summed E-state index contributed by atoms with van der Waals surface area (Å²) in [4.78, 5) is 12.1. The number of hydrogen-bond acceptors (Lipinski definition) is 4. The van der Waals surface area contributed by atoms with Crippen LogP contribution in [0.1, 0.15) is 24.5 Å². The quantitative estimate of drug-likeness (QED) is 0.561. The highest BCUT2D eigenvalue weighted by Crippen LogP contribution is 2.25. The van der Waals surface area contributed by atoms with Crippen LogP contribution in [0.25, 0.3) is 0 Å². The van der Waals surface area contributed by atoms with Crippen molar-refractivity contribution in [3.8, 4) is 11.5 Å². The van der Waals surface area contributed by atoms with Crippen molar-refractivity contribution in [2.75, 3.05) is 14.2 Å². The number of halogens is 1. The Balaban J connectivity index is 2.11. The van der Waals surface area contributed by atoms with Gasteiger partial charge in [-0.15, -0.1) is 0 Å². The first kappa shape index (κ1) is 19.0. The fourth-order valence-electron chi connectivity index (χ4n) is 2.32. The summed E-state index contributed by atoms with van der Waals surface area (Å²) < 4.78 is 11.6. The largest absolute Gasteiger partial charge is 0.497 e. The van der Waals surface area contributed by atoms with Crippen LogP contribution in [0.4, 0.5) is 0 Å². The highest BCUT2D eigenvalue weighted by Gasteiger charge is 2.11. The summed E-state index contributed by atoms with van der Waals surface area (Å²) in [5.74, 6) is 1.19. The van der Waals surface area contributed by atoms with Crippen LogP contribution < -0.4 is 14.9 Å². The fourth-order valence-corrected chi connectivity index (χ4v) is 2.59. The number of hydrogen-bond donors (Lipinski definition) is 1. The Labute approximate surface area is 156 Å². The lowest BCUT2D eigenvalue weighted by atomic mass is 10.1. The molecule has 2 aromatic carbocycles. The molecule has 0 unspecified atom stereocenters. The minimum atomic E-state index is -0.166. The first-order chi connectivity index (χ1) is 12.1. The Morgan fingerprint density at radius 3 is 2.44 bits per heavy atom. The van der Waals surface area contributed by atoms with E-state index < -0.39 is 0 Å². The lowest BCUT2D eigenvalue weighted by Gasteiger charge is -2.12. The van der Waals surface area contributed by atoms with Crippen LogP contribution in [0.2, 0.25) is 0 Å². The van der Waals surface area contributed by atoms with Gasteiger partial charge in [0, 0.05) is 16.1 Å². The van der Waals surface area contributed by atoms with E-state index >= 15 is 0 Å². The predicted octanol–water partition coefficient (Wildman–Crippen LogP) is 3.94. The normalized spacial score (nSPS) is 11.1. The molecule has 2 aromatic rings. The van der Waals surface area contributed by atoms with E-state index in [9.17, 15) is 4.79 Å². The van der Waals surface area contributed by atoms with Crippen LogP contribution in [0, 0.1) is 0 Å². The summed E-state index contributed by atoms with van der Waals surface area (Å²) in [5, 5.41) is 4.28. The van der Waals surface area contributed by atoms with E-state index in [1.807, 2.05) is 43.3 Å². The molecule has 0 heterocycles. The molecule has 132 valence electrons. The van der Waals surface area contributed by atoms with Gasteiger partial charge < -0.3 is 9.47 Å². The van der Waals surface area contributed by atoms with E-state index in [0.29, 0.717) is 17.9 Å². The van der Waals surface area contributed by atoms with E-state index in [1.165, 1.54) is 0 Å². The van der Waals surface area contributed by atoms with Crippen molar-refractivity contribution in [2.45, 2.75) is 19.8 Å². The molecule has 0 spiro atoms. The summed E-state index contributed by atoms with van der Waals surface area (Å²) in [5.41, 5.74) is 5.12. The molecule has 1 amide bonds. The molecule has 0 fully saturated rings. The summed E-state index contributed by atoms with van der Waals surface area (Å²) in [7, 11) is 3.20. The van der Waals surface area contributed by atoms with Gasteiger partial charge >= 0.3 is 0 Å². The lowest BCUT2D eigenvalue weighted by Crippen LogP contribution is -2.22. The van der Waals surface area contributed by atoms with Gasteiger partial charge in [-0.25, -0.2) is 5.43 Å². The third-order valence-corrected chi connectivity index (χ3v) is 4.18. The summed E-state index contributed by atoms with van der Waals surface area (Å²) >= 11 is 3.38. The number of methoxy groups -OCH3 is 2. The first-order valence-corrected chi connectivity index (χ1v) is 8.69. The summed E-state index contributed by atoms with van der Waals surface area (Å²) in [6.45, 7) is 1.98. The minimum Gasteiger partial charge on any atom is -0.497 e. The zero-order chi connectivity index (χ0) is 18.2. The maximum Gasteiger partial charge on any atom is 0.244 e. The molecule has 0 saturated heterocycles. The highest BCUT2D eigenvalue weighted by molar-refractivity contribution is 9.10. The second kappa shape index (κ2) is 9.22. The molecular formula is C19H21BrN2O3. The molecule has 25 heavy (non-hydrogen) atoms. The van der Waals surface area contributed by atoms with E-state index in [-0.39, 0.29) is 12.3 Å². The van der Waals surface area contributed by atoms with Gasteiger partial charge in [-0.05, 0) is 36.2 Å². The molecule has 0 aliphatic rings. The smallest absolute Gasteiger partial charge is 0.244 e. The van der Waals surface area contributed by atoms with Crippen molar-refractivity contribution in [1.82, 2.24) is 5.43 Å². The maximum absolute atomic E-state index is 12.1. The van der Waals surface area contributed by atoms with Gasteiger partial charge in [0.1, 0.15) is 11.5 Å². The topological polar surface area (TPSA) is 59.9 Å². The Bertz CT molecular complexity index is 758. The van der Waals surface area contributed by atoms with Gasteiger partial charge in [0.05, 0.1) is 26.4 Å². The summed E-state index contributed by atoms with van der Waals surface area (Å²) in [6.07, 6.45) is 0.925. The van der Waals surface area contributed by atoms with Crippen LogP contribution >= 0.6 is 15.9 Å². The van der Waals surface area contributed by atoms with E-state index in [2.05, 4.69) is 26.5 Å². The van der Waals surface area contributed by atoms with E-state index in [4.69, 9.17) is 9.47 Å². The molecular weight excluding hydrogens is 384 g/mol. The number of rotatable bonds is 7. The number of benzene rings is 2. The van der Waals surface area contributed by atoms with Gasteiger partial charge in [0.15, 0.2) is 0 Å². The molecule has 6 heteroatoms. The minimum absolute atomic E-state index is 0.166. The molecule has 0 aliphatic heterocycles. The van der Waals surface area contributed by atoms with Gasteiger partial charge in [-0.2, -0.15) is 5.10 Å². The number of hydrazone groups is 1. The third-order valence-electron chi connectivity index (χ3n) is 3.65. The van der Waals surface area contributed by atoms with Gasteiger partial charge in [0.2, 0.25) is 5.91 Å². The zero-order valence-corrected chi connectivity index (χ0v) is 16.1. The highest BCUT2D eigenvalue weighted by atomic mass is 79.9. The van der Waals surface area contributed by atoms with Crippen LogP contribution in [0.3, 0.4) is 0 Å². The number of nitrogens with one attached hydrogen (secondary N) is 1. The summed E-state index contributed by atoms with van der Waals surface area (Å²) in [6, 6.07) is 13.1. The molecule has 0 aromatic heterocycles. The number of nitrogens with zero attached hydrogens (tertiary/aromatic N) is 1. The lowest BCUT2D eigenvalue weighted by molar-refractivity contribution is -0.120. The predicted molar refractivity (Wildman–Crippen MR) is 102 cm³/mol. The Kier molecular flexibility index (Phi) is 7.01. The zero-order valence-electron chi connectivity index (χ0n) is 14.5. The molecule has 0 saturated carbocycles. The van der Waals surface area contributed by atoms with Gasteiger partial charge in [-0.3, -0.25) is 4.79 Å². The first-order valence-electron chi connectivity index (χ1n) is 7.89. The standard InChI is InChI=1S/C19H21BrN2O3/c1-4-17(16-10-9-15(24-2)12-18(16)25-3)21-22-19(23)11-13-5-7-14(20)8-6-13/h5-10,12H,4,11H2,1-3H3,(H,22,23)/b21-17+. The number of ether oxygens (including phenoxy) is 2. The second-order valence-electron chi connectivity index (χ2n) is 5.32. The number of carbonyl (C=O) groups excluding carboxylic acids is 1. The molecule has 0 atom stereocenters. The van der Waals surface area contributed by atoms with Crippen molar-refractivity contribution in [3.63, 3.8) is 0 Å². The number of amides is 1. The average Bonchev–Trinajstić information content (AvgIpc) is 2.64. The van der Waals surface area contributed by atoms with Crippen molar-refractivity contribution < 1.29 is 14.3 Å². The number of carbonyl (C=O) groups is 1. The van der Waals surface area contributed by atoms with Crippen LogP contribution in [0.5, 0.6) is 11.5 Å². The van der Waals surface area contributed by atoms with Crippen LogP contribution in [0.15, 0.2) is 52.0 Å². The Morgan fingerprint density at radius 2 is 1.84 bits per heavy atom. The maximum atomic E-state index is 12.1. The molecule has 0 aliphatic carbocycles. The molecule has 2 rings (SSSR count). The molecule has 0 bridgehead atoms. The molecule has 5 nitrogen and oxygen atoms in total. The van der Waals surface area contributed by atoms with Crippen molar-refractivity contribution in [1.29, 1.82) is 0 Å².